The molecule has 0 bridgehead atoms. The van der Waals surface area contributed by atoms with Gasteiger partial charge in [0.1, 0.15) is 58.7 Å². The highest BCUT2D eigenvalue weighted by Gasteiger charge is 2.35. The summed E-state index contributed by atoms with van der Waals surface area (Å²) in [5, 5.41) is 12.5. The second-order valence-electron chi connectivity index (χ2n) is 34.7. The van der Waals surface area contributed by atoms with Gasteiger partial charge in [-0.1, -0.05) is 411 Å². The highest BCUT2D eigenvalue weighted by atomic mass is 35.5. The molecule has 1 fully saturated rings. The minimum Gasteiger partial charge on any atom is -0.497 e. The lowest BCUT2D eigenvalue weighted by Crippen LogP contribution is -2.18. The number of nitriles is 1. The smallest absolute Gasteiger partial charge is 0.270 e. The van der Waals surface area contributed by atoms with Crippen LogP contribution in [0.2, 0.25) is 5.02 Å². The van der Waals surface area contributed by atoms with Crippen molar-refractivity contribution in [2.45, 2.75) is 104 Å². The van der Waals surface area contributed by atoms with Gasteiger partial charge < -0.3 is 43.0 Å². The van der Waals surface area contributed by atoms with E-state index in [1.165, 1.54) is 85.8 Å². The highest BCUT2D eigenvalue weighted by molar-refractivity contribution is 6.30. The van der Waals surface area contributed by atoms with Crippen LogP contribution in [0.1, 0.15) is 113 Å². The first-order chi connectivity index (χ1) is 72.9. The van der Waals surface area contributed by atoms with Gasteiger partial charge in [0, 0.05) is 54.4 Å². The molecule has 0 N–H and O–H groups in total. The van der Waals surface area contributed by atoms with Crippen molar-refractivity contribution in [3.8, 4) is 102 Å². The van der Waals surface area contributed by atoms with Crippen LogP contribution in [-0.4, -0.2) is 71.5 Å². The number of methoxy groups -OCH3 is 2. The average Bonchev–Trinajstić information content (AvgIpc) is 1.67. The average molecular weight is 2010 g/mol. The van der Waals surface area contributed by atoms with E-state index in [0.717, 1.165) is 97.7 Å². The van der Waals surface area contributed by atoms with Crippen LogP contribution in [-0.2, 0) is 35.6 Å². The molecule has 1 saturated carbocycles. The molecule has 0 heterocycles. The van der Waals surface area contributed by atoms with E-state index in [1.807, 2.05) is 268 Å². The van der Waals surface area contributed by atoms with Crippen LogP contribution in [0, 0.1) is 81.7 Å². The lowest BCUT2D eigenvalue weighted by Gasteiger charge is -2.20. The van der Waals surface area contributed by atoms with Crippen LogP contribution in [0.4, 0.5) is 8.78 Å². The van der Waals surface area contributed by atoms with Crippen molar-refractivity contribution in [1.29, 1.82) is 5.26 Å². The van der Waals surface area contributed by atoms with E-state index >= 15 is 0 Å². The van der Waals surface area contributed by atoms with Gasteiger partial charge in [0.25, 0.3) is 5.92 Å². The molecule has 0 saturated heterocycles. The Morgan fingerprint density at radius 1 is 0.413 bits per heavy atom. The van der Waals surface area contributed by atoms with Crippen LogP contribution in [0.25, 0.3) is 16.3 Å². The molecular formula is C137H138ClF2N3O7. The number of alkyl halides is 2. The number of allylic oxidation sites excluding steroid dienone is 2. The van der Waals surface area contributed by atoms with Gasteiger partial charge in [-0.2, -0.15) is 5.26 Å². The molecule has 150 heavy (non-hydrogen) atoms. The molecule has 1 unspecified atom stereocenters. The Kier molecular flexibility index (Phi) is 57.2. The third kappa shape index (κ3) is 50.2. The van der Waals surface area contributed by atoms with Crippen LogP contribution < -0.4 is 28.4 Å². The molecule has 13 heteroatoms. The SMILES string of the molecule is C#COc1cccc(Cl)c1.C#Cc1ccc(OC)cc1.C#Cc1ccccc1.C#Cc1ccccc1OC.CC(F)(F)c1ccc(Oc2ccccc2)cc1.CCOC1C=CC(c2ccccc2)=CC1.CN(C)CCc1ccccc1.CN(C)Cc1ccccc1.Cc1ccc(Oc2ccccc2)cc1.Cc1ccc2ccccc2c1.Cc1ccccc1.N#CC1(c2ccccc2)CCCC1.c1ccc(COc2ccccc2)cc1. The van der Waals surface area contributed by atoms with E-state index in [9.17, 15) is 14.0 Å². The Balaban J connectivity index is 0.000000221. The van der Waals surface area contributed by atoms with Gasteiger partial charge in [-0.3, -0.25) is 0 Å². The molecule has 0 amide bonds. The normalized spacial score (nSPS) is 11.5. The van der Waals surface area contributed by atoms with Gasteiger partial charge >= 0.3 is 0 Å². The summed E-state index contributed by atoms with van der Waals surface area (Å²) in [7, 11) is 11.6. The second-order valence-corrected chi connectivity index (χ2v) is 35.1. The van der Waals surface area contributed by atoms with Crippen molar-refractivity contribution in [3.63, 3.8) is 0 Å². The third-order valence-electron chi connectivity index (χ3n) is 22.2. The van der Waals surface area contributed by atoms with E-state index in [0.29, 0.717) is 28.9 Å². The maximum Gasteiger partial charge on any atom is 0.270 e. The van der Waals surface area contributed by atoms with Crippen molar-refractivity contribution in [1.82, 2.24) is 9.80 Å². The Labute approximate surface area is 896 Å². The second kappa shape index (κ2) is 71.5. The zero-order valence-corrected chi connectivity index (χ0v) is 88.7. The lowest BCUT2D eigenvalue weighted by molar-refractivity contribution is 0.0174. The number of ether oxygens (including phenoxy) is 7. The Hall–Kier alpha value is -17.0. The maximum atomic E-state index is 13.0. The van der Waals surface area contributed by atoms with Gasteiger partial charge in [-0.05, 0) is 259 Å². The van der Waals surface area contributed by atoms with Crippen molar-refractivity contribution in [2.24, 2.45) is 0 Å². The molecule has 17 aromatic carbocycles. The molecule has 2 aliphatic rings. The monoisotopic (exact) mass is 2010 g/mol. The van der Waals surface area contributed by atoms with Gasteiger partial charge in [-0.25, -0.2) is 8.78 Å². The number of hydrogen-bond donors (Lipinski definition) is 0. The standard InChI is InChI=1S/C14H12F2O.C14H16O.2C13H12O.C12H13N.C11H10.C10H15N.C9H13N.2C9H8O.C8H5ClO.C8H6.C7H8/c1-14(15,16)11-7-9-13(10-8-11)17-12-5-3-2-4-6-12;1-2-15-14-10-8-13(9-11-14)12-6-4-3-5-7-12;1-11-7-9-13(10-8-11)14-12-5-3-2-4-6-12;1-3-7-12(8-4-1)11-14-13-9-5-2-6-10-13;13-10-12(8-4-5-9-12)11-6-2-1-3-7-11;1-9-6-7-10-4-2-3-5-11(10)8-9;1-11(2)9-8-10-6-4-3-5-7-10;1-10(2)8-9-6-4-3-5-7-9;1-3-8-4-6-9(10-2)7-5-8;1-3-8-6-4-5-7-9(8)10-2;1-2-10-8-5-3-4-7(9)6-8;1-2-8-6-4-3-5-7-8;1-7-5-3-2-4-6-7/h2-10H,1H3;3-10,14H,2,11H2,1H3;2-10H,1H3;1-10H,11H2;1-3,6-7H,4-5,8-9H2;2-8H,1H3;3-7H,8-9H2,1-2H3;3-7H,8H2,1-2H3;2*1,4-7H,2H3;1,3-6H;1,3-7H;2-6H,1H3. The number of nitrogens with zero attached hydrogens (tertiary/aromatic N) is 3. The van der Waals surface area contributed by atoms with Gasteiger partial charge in [0.2, 0.25) is 0 Å². The van der Waals surface area contributed by atoms with Crippen molar-refractivity contribution in [3.05, 3.63) is 557 Å². The van der Waals surface area contributed by atoms with Crippen LogP contribution in [0.5, 0.6) is 46.0 Å². The number of rotatable bonds is 20. The molecule has 0 aliphatic heterocycles. The first kappa shape index (κ1) is 120. The molecule has 2 aliphatic carbocycles. The van der Waals surface area contributed by atoms with Gasteiger partial charge in [0.15, 0.2) is 0 Å². The minimum absolute atomic E-state index is 0.0158. The number of aryl methyl sites for hydroxylation is 3. The minimum atomic E-state index is -2.81. The molecule has 0 aromatic heterocycles. The number of hydrogen-bond acceptors (Lipinski definition) is 10. The first-order valence-electron chi connectivity index (χ1n) is 49.7. The summed E-state index contributed by atoms with van der Waals surface area (Å²) in [5.41, 5.74) is 14.1. The van der Waals surface area contributed by atoms with Crippen molar-refractivity contribution >= 4 is 27.9 Å². The molecule has 1 atom stereocenters. The van der Waals surface area contributed by atoms with Gasteiger partial charge in [-0.15, -0.1) is 19.3 Å². The van der Waals surface area contributed by atoms with Crippen LogP contribution in [0.3, 0.4) is 0 Å². The summed E-state index contributed by atoms with van der Waals surface area (Å²) >= 11 is 5.63. The zero-order valence-electron chi connectivity index (χ0n) is 88.0. The summed E-state index contributed by atoms with van der Waals surface area (Å²) in [6.07, 6.45) is 35.8. The zero-order chi connectivity index (χ0) is 108. The summed E-state index contributed by atoms with van der Waals surface area (Å²) < 4.78 is 62.9. The maximum absolute atomic E-state index is 13.0. The fourth-order valence-electron chi connectivity index (χ4n) is 14.3. The number of halogens is 3. The fourth-order valence-corrected chi connectivity index (χ4v) is 14.5. The van der Waals surface area contributed by atoms with E-state index < -0.39 is 5.92 Å². The highest BCUT2D eigenvalue weighted by Crippen LogP contribution is 2.40. The fraction of sp³-hybridized carbons (Fsp3) is 0.175. The number of para-hydroxylation sites is 4. The summed E-state index contributed by atoms with van der Waals surface area (Å²) in [6.45, 7) is 12.7. The molecule has 0 radical (unpaired) electrons. The molecule has 19 rings (SSSR count). The Morgan fingerprint density at radius 3 is 1.29 bits per heavy atom. The summed E-state index contributed by atoms with van der Waals surface area (Å²) in [6, 6.07) is 154. The summed E-state index contributed by atoms with van der Waals surface area (Å²) in [5.74, 6) is 10.8. The van der Waals surface area contributed by atoms with E-state index in [-0.39, 0.29) is 17.1 Å². The predicted octanol–water partition coefficient (Wildman–Crippen LogP) is 34.1. The number of benzene rings is 17. The quantitative estimate of drug-likeness (QED) is 0.0687. The van der Waals surface area contributed by atoms with Crippen LogP contribution in [0.15, 0.2) is 485 Å². The Bertz CT molecular complexity index is 6750. The number of fused-ring (bicyclic) bond motifs is 1. The molecule has 17 aromatic rings. The van der Waals surface area contributed by atoms with Crippen molar-refractivity contribution < 1.29 is 41.9 Å². The Morgan fingerprint density at radius 2 is 0.847 bits per heavy atom. The molecule has 0 spiro atoms. The molecular weight excluding hydrogens is 1870 g/mol. The van der Waals surface area contributed by atoms with E-state index in [1.54, 1.807) is 50.6 Å². The molecule has 10 nitrogen and oxygen atoms in total. The van der Waals surface area contributed by atoms with E-state index in [2.05, 4.69) is 265 Å². The summed E-state index contributed by atoms with van der Waals surface area (Å²) in [4.78, 5) is 4.36. The number of likely N-dealkylation sites (N-methyl/N-ethyl adjacent to an activating group) is 1. The number of terminal acetylenes is 4. The lowest BCUT2D eigenvalue weighted by atomic mass is 9.80. The topological polar surface area (TPSA) is 94.9 Å². The van der Waals surface area contributed by atoms with Gasteiger partial charge in [0.05, 0.1) is 37.4 Å². The molecule has 764 valence electrons. The van der Waals surface area contributed by atoms with E-state index in [4.69, 9.17) is 70.5 Å². The van der Waals surface area contributed by atoms with Crippen LogP contribution >= 0.6 is 11.6 Å². The third-order valence-corrected chi connectivity index (χ3v) is 22.4. The largest absolute Gasteiger partial charge is 0.497 e. The first-order valence-corrected chi connectivity index (χ1v) is 50.0. The van der Waals surface area contributed by atoms with Crippen molar-refractivity contribution in [2.75, 3.05) is 55.6 Å². The predicted molar refractivity (Wildman–Crippen MR) is 623 cm³/mol.